The minimum absolute atomic E-state index is 0.0603. The largest absolute Gasteiger partial charge is 0.482 e. The average molecular weight is 699 g/mol. The number of benzene rings is 1. The molecule has 0 bridgehead atoms. The number of quaternary nitrogens is 1. The summed E-state index contributed by atoms with van der Waals surface area (Å²) >= 11 is 1.63. The number of alkyl halides is 6. The molecule has 0 aliphatic carbocycles. The molecule has 4 aliphatic heterocycles. The molecule has 258 valence electrons. The number of fused-ring (bicyclic) bond motifs is 2. The number of hydrogen-bond acceptors (Lipinski definition) is 8. The predicted molar refractivity (Wildman–Crippen MR) is 166 cm³/mol. The Morgan fingerprint density at radius 2 is 1.75 bits per heavy atom. The lowest BCUT2D eigenvalue weighted by Gasteiger charge is -2.44. The first-order chi connectivity index (χ1) is 22.5. The lowest BCUT2D eigenvalue weighted by atomic mass is 10.1. The van der Waals surface area contributed by atoms with Crippen molar-refractivity contribution in [2.45, 2.75) is 38.7 Å². The first-order valence-electron chi connectivity index (χ1n) is 15.3. The number of carbonyl (C=O) groups excluding carboxylic acids is 2. The molecule has 0 unspecified atom stereocenters. The second-order valence-corrected chi connectivity index (χ2v) is 13.9. The topological polar surface area (TPSA) is 75.2 Å². The number of hydrogen-bond donors (Lipinski definition) is 0. The average Bonchev–Trinajstić information content (AvgIpc) is 3.74. The normalized spacial score (nSPS) is 22.1. The second-order valence-electron chi connectivity index (χ2n) is 12.9. The Hall–Kier alpha value is -3.76. The number of anilines is 1. The van der Waals surface area contributed by atoms with Crippen molar-refractivity contribution < 1.29 is 50.0 Å². The number of amides is 1. The van der Waals surface area contributed by atoms with Crippen LogP contribution in [0.2, 0.25) is 0 Å². The van der Waals surface area contributed by atoms with Crippen LogP contribution in [0.25, 0.3) is 10.9 Å². The smallest absolute Gasteiger partial charge is 0.433 e. The quantitative estimate of drug-likeness (QED) is 0.218. The molecular weight excluding hydrogens is 664 g/mol. The van der Waals surface area contributed by atoms with Crippen LogP contribution in [-0.2, 0) is 20.5 Å². The minimum Gasteiger partial charge on any atom is -0.482 e. The van der Waals surface area contributed by atoms with Crippen molar-refractivity contribution in [2.75, 3.05) is 62.4 Å². The molecule has 1 atom stereocenters. The Morgan fingerprint density at radius 3 is 2.38 bits per heavy atom. The van der Waals surface area contributed by atoms with Gasteiger partial charge in [-0.25, -0.2) is 9.78 Å². The van der Waals surface area contributed by atoms with Gasteiger partial charge in [-0.2, -0.15) is 30.9 Å². The van der Waals surface area contributed by atoms with E-state index >= 15 is 0 Å². The molecule has 9 nitrogen and oxygen atoms in total. The number of thioether (sulfide) groups is 1. The van der Waals surface area contributed by atoms with Gasteiger partial charge >= 0.3 is 18.3 Å². The molecule has 2 saturated heterocycles. The lowest BCUT2D eigenvalue weighted by molar-refractivity contribution is -0.948. The van der Waals surface area contributed by atoms with Crippen molar-refractivity contribution in [3.05, 3.63) is 65.2 Å². The van der Waals surface area contributed by atoms with Gasteiger partial charge in [0.1, 0.15) is 40.9 Å². The molecule has 48 heavy (non-hydrogen) atoms. The molecule has 5 heterocycles. The predicted octanol–water partition coefficient (Wildman–Crippen LogP) is 5.64. The van der Waals surface area contributed by atoms with Crippen molar-refractivity contribution in [3.63, 3.8) is 0 Å². The van der Waals surface area contributed by atoms with Crippen molar-refractivity contribution in [2.24, 2.45) is 0 Å². The van der Waals surface area contributed by atoms with Gasteiger partial charge in [0.25, 0.3) is 5.91 Å². The van der Waals surface area contributed by atoms with E-state index in [1.54, 1.807) is 48.4 Å². The van der Waals surface area contributed by atoms with Crippen LogP contribution in [0, 0.1) is 0 Å². The molecule has 0 radical (unpaired) electrons. The van der Waals surface area contributed by atoms with E-state index in [4.69, 9.17) is 9.47 Å². The van der Waals surface area contributed by atoms with Crippen LogP contribution in [0.5, 0.6) is 5.75 Å². The Bertz CT molecular complexity index is 1720. The zero-order valence-electron chi connectivity index (χ0n) is 26.5. The summed E-state index contributed by atoms with van der Waals surface area (Å²) in [5, 5.41) is 2.28. The summed E-state index contributed by atoms with van der Waals surface area (Å²) in [5.41, 5.74) is -1.05. The number of pyridine rings is 1. The van der Waals surface area contributed by atoms with Gasteiger partial charge in [-0.1, -0.05) is 12.1 Å². The van der Waals surface area contributed by atoms with E-state index in [0.29, 0.717) is 36.8 Å². The third-order valence-corrected chi connectivity index (χ3v) is 9.39. The molecule has 4 aliphatic rings. The van der Waals surface area contributed by atoms with Crippen LogP contribution in [0.3, 0.4) is 0 Å². The number of ether oxygens (including phenoxy) is 2. The number of allylic oxidation sites excluding steroid dienone is 2. The molecule has 2 aromatic rings. The SMILES string of the molecule is CC(C)(C)OC(=O)C1=C(C(=O)N2CCSC2)C[N@+]2(N3CCN(c4cc(C(F)(F)F)nc5c(OCC(F)(F)F)cccc45)CC3)C=CC=C12. The standard InChI is InChI=1S/C32H34F6N5O4S/c1-30(2,3)47-29(45)26-21(28(44)41-13-15-48-19-41)17-43(14-5-7-23(26)43)42-11-9-40(10-12-42)22-16-25(32(36,37)38)39-27-20(22)6-4-8-24(27)46-18-31(33,34)35/h4-8,14,16H,9-13,15,17-19H2,1-3H3/q+1/t43-/m1/s1. The highest BCUT2D eigenvalue weighted by Gasteiger charge is 2.55. The molecule has 0 spiro atoms. The van der Waals surface area contributed by atoms with E-state index in [1.165, 1.54) is 12.1 Å². The van der Waals surface area contributed by atoms with E-state index in [1.807, 2.05) is 12.3 Å². The van der Waals surface area contributed by atoms with Gasteiger partial charge in [0.05, 0.1) is 24.5 Å². The highest BCUT2D eigenvalue weighted by atomic mass is 32.2. The molecule has 1 aromatic carbocycles. The van der Waals surface area contributed by atoms with E-state index < -0.39 is 42.0 Å². The van der Waals surface area contributed by atoms with Crippen molar-refractivity contribution >= 4 is 40.2 Å². The van der Waals surface area contributed by atoms with Crippen molar-refractivity contribution in [1.29, 1.82) is 0 Å². The molecule has 0 N–H and O–H groups in total. The second kappa shape index (κ2) is 12.3. The fraction of sp³-hybridized carbons (Fsp3) is 0.469. The van der Waals surface area contributed by atoms with E-state index in [0.717, 1.165) is 17.9 Å². The van der Waals surface area contributed by atoms with Crippen LogP contribution < -0.4 is 9.64 Å². The monoisotopic (exact) mass is 698 g/mol. The number of aromatic nitrogens is 1. The zero-order valence-corrected chi connectivity index (χ0v) is 27.3. The lowest BCUT2D eigenvalue weighted by Crippen LogP contribution is -2.60. The molecule has 2 fully saturated rings. The zero-order chi connectivity index (χ0) is 34.6. The maximum atomic E-state index is 14.0. The van der Waals surface area contributed by atoms with Crippen LogP contribution in [0.4, 0.5) is 32.0 Å². The van der Waals surface area contributed by atoms with Crippen LogP contribution >= 0.6 is 11.8 Å². The van der Waals surface area contributed by atoms with Crippen LogP contribution in [-0.4, -0.2) is 101 Å². The number of carbonyl (C=O) groups is 2. The molecule has 6 rings (SSSR count). The van der Waals surface area contributed by atoms with Gasteiger partial charge in [-0.05, 0) is 39.0 Å². The van der Waals surface area contributed by atoms with Crippen LogP contribution in [0.1, 0.15) is 26.5 Å². The molecule has 16 heteroatoms. The summed E-state index contributed by atoms with van der Waals surface area (Å²) < 4.78 is 91.5. The minimum atomic E-state index is -4.86. The van der Waals surface area contributed by atoms with Crippen molar-refractivity contribution in [3.8, 4) is 5.75 Å². The van der Waals surface area contributed by atoms with E-state index in [9.17, 15) is 35.9 Å². The molecular formula is C32H34F6N5O4S+. The number of piperazine rings is 1. The van der Waals surface area contributed by atoms with Gasteiger partial charge in [0.2, 0.25) is 0 Å². The Morgan fingerprint density at radius 1 is 1.02 bits per heavy atom. The number of halogens is 6. The molecule has 1 amide bonds. The summed E-state index contributed by atoms with van der Waals surface area (Å²) in [6.07, 6.45) is -4.07. The third-order valence-electron chi connectivity index (χ3n) is 8.43. The van der Waals surface area contributed by atoms with Gasteiger partial charge in [-0.15, -0.1) is 16.8 Å². The number of rotatable bonds is 6. The summed E-state index contributed by atoms with van der Waals surface area (Å²) in [5.74, 6) is 0.0730. The van der Waals surface area contributed by atoms with Gasteiger partial charge < -0.3 is 19.3 Å². The number of esters is 1. The Balaban J connectivity index is 1.30. The van der Waals surface area contributed by atoms with Gasteiger partial charge in [0.15, 0.2) is 12.3 Å². The third kappa shape index (κ3) is 6.61. The molecule has 0 saturated carbocycles. The summed E-state index contributed by atoms with van der Waals surface area (Å²) in [7, 11) is 0. The van der Waals surface area contributed by atoms with Gasteiger partial charge in [0, 0.05) is 42.5 Å². The Kier molecular flexibility index (Phi) is 8.73. The van der Waals surface area contributed by atoms with Crippen LogP contribution in [0.15, 0.2) is 59.5 Å². The number of para-hydroxylation sites is 1. The first-order valence-corrected chi connectivity index (χ1v) is 16.4. The summed E-state index contributed by atoms with van der Waals surface area (Å²) in [4.78, 5) is 34.5. The highest BCUT2D eigenvalue weighted by molar-refractivity contribution is 7.99. The fourth-order valence-electron chi connectivity index (χ4n) is 6.40. The fourth-order valence-corrected chi connectivity index (χ4v) is 7.34. The first kappa shape index (κ1) is 34.1. The maximum Gasteiger partial charge on any atom is 0.433 e. The Labute approximate surface area is 277 Å². The van der Waals surface area contributed by atoms with E-state index in [2.05, 4.69) is 9.99 Å². The highest BCUT2D eigenvalue weighted by Crippen LogP contribution is 2.45. The van der Waals surface area contributed by atoms with Crippen molar-refractivity contribution in [1.82, 2.24) is 14.9 Å². The maximum absolute atomic E-state index is 14.0. The summed E-state index contributed by atoms with van der Waals surface area (Å²) in [6, 6.07) is 4.98. The summed E-state index contributed by atoms with van der Waals surface area (Å²) in [6.45, 7) is 5.41. The van der Waals surface area contributed by atoms with Gasteiger partial charge in [-0.3, -0.25) is 4.79 Å². The number of nitrogens with zero attached hydrogens (tertiary/aromatic N) is 5. The molecule has 1 aromatic heterocycles. The van der Waals surface area contributed by atoms with E-state index in [-0.39, 0.29) is 52.3 Å².